The zero-order chi connectivity index (χ0) is 24.8. The molecule has 0 aliphatic carbocycles. The van der Waals surface area contributed by atoms with E-state index < -0.39 is 48.3 Å². The van der Waals surface area contributed by atoms with E-state index in [4.69, 9.17) is 18.6 Å². The molecule has 2 heterocycles. The van der Waals surface area contributed by atoms with Crippen LogP contribution in [-0.4, -0.2) is 76.4 Å². The van der Waals surface area contributed by atoms with Crippen molar-refractivity contribution in [3.05, 3.63) is 46.1 Å². The van der Waals surface area contributed by atoms with E-state index in [9.17, 15) is 35.4 Å². The molecule has 1 saturated heterocycles. The summed E-state index contributed by atoms with van der Waals surface area (Å²) in [6.45, 7) is -1.08. The van der Waals surface area contributed by atoms with E-state index in [2.05, 4.69) is 0 Å². The van der Waals surface area contributed by atoms with Crippen molar-refractivity contribution in [2.45, 2.75) is 23.9 Å². The molecule has 0 radical (unpaired) electrons. The van der Waals surface area contributed by atoms with Crippen molar-refractivity contribution in [1.82, 2.24) is 0 Å². The van der Waals surface area contributed by atoms with Crippen molar-refractivity contribution in [3.63, 3.8) is 0 Å². The highest BCUT2D eigenvalue weighted by atomic mass is 16.5. The van der Waals surface area contributed by atoms with Gasteiger partial charge in [-0.05, 0) is 29.8 Å². The van der Waals surface area contributed by atoms with E-state index in [1.165, 1.54) is 32.4 Å². The standard InChI is InChI=1S/C23H24O11/c1-31-16-3-10(4-17(32-2)20(16)27)14-7-13(26)19-12(25)5-11(6-15(19)34-14)23(30)9-33-18(8-24)21(28)22(23)29/h3-7,18,21-22,24-25,27-30H,8-9H2,1-2H3/t18-,21-,22+,23+/m1/s1. The summed E-state index contributed by atoms with van der Waals surface area (Å²) in [5, 5.41) is 61.6. The van der Waals surface area contributed by atoms with Crippen LogP contribution in [0.1, 0.15) is 5.56 Å². The average molecular weight is 476 g/mol. The van der Waals surface area contributed by atoms with Crippen LogP contribution in [0.3, 0.4) is 0 Å². The zero-order valence-corrected chi connectivity index (χ0v) is 18.3. The van der Waals surface area contributed by atoms with Crippen molar-refractivity contribution in [2.75, 3.05) is 27.4 Å². The molecule has 0 bridgehead atoms. The van der Waals surface area contributed by atoms with Gasteiger partial charge in [-0.1, -0.05) is 0 Å². The molecule has 0 amide bonds. The second-order valence-corrected chi connectivity index (χ2v) is 7.96. The summed E-state index contributed by atoms with van der Waals surface area (Å²) in [6.07, 6.45) is -4.49. The Bertz CT molecular complexity index is 1260. The van der Waals surface area contributed by atoms with Crippen LogP contribution >= 0.6 is 0 Å². The van der Waals surface area contributed by atoms with Crippen molar-refractivity contribution in [3.8, 4) is 34.3 Å². The van der Waals surface area contributed by atoms with Crippen molar-refractivity contribution in [1.29, 1.82) is 0 Å². The van der Waals surface area contributed by atoms with E-state index in [-0.39, 0.29) is 39.5 Å². The molecule has 182 valence electrons. The average Bonchev–Trinajstić information content (AvgIpc) is 2.82. The molecule has 2 aromatic carbocycles. The number of aliphatic hydroxyl groups excluding tert-OH is 3. The minimum absolute atomic E-state index is 0.0402. The molecule has 4 rings (SSSR count). The van der Waals surface area contributed by atoms with Crippen LogP contribution in [0.5, 0.6) is 23.0 Å². The topological polar surface area (TPSA) is 179 Å². The molecule has 0 unspecified atom stereocenters. The fourth-order valence-corrected chi connectivity index (χ4v) is 4.01. The first-order valence-electron chi connectivity index (χ1n) is 10.2. The van der Waals surface area contributed by atoms with E-state index in [0.717, 1.165) is 12.1 Å². The van der Waals surface area contributed by atoms with Gasteiger partial charge in [0.05, 0.1) is 27.4 Å². The Kier molecular flexibility index (Phi) is 6.14. The Morgan fingerprint density at radius 1 is 1.06 bits per heavy atom. The Morgan fingerprint density at radius 2 is 1.71 bits per heavy atom. The maximum absolute atomic E-state index is 12.8. The minimum atomic E-state index is -2.17. The molecule has 3 aromatic rings. The summed E-state index contributed by atoms with van der Waals surface area (Å²) < 4.78 is 21.4. The minimum Gasteiger partial charge on any atom is -0.507 e. The second kappa shape index (κ2) is 8.78. The number of hydrogen-bond donors (Lipinski definition) is 6. The zero-order valence-electron chi connectivity index (χ0n) is 18.3. The van der Waals surface area contributed by atoms with Crippen LogP contribution in [-0.2, 0) is 10.3 Å². The Balaban J connectivity index is 1.87. The van der Waals surface area contributed by atoms with Gasteiger partial charge < -0.3 is 49.3 Å². The van der Waals surface area contributed by atoms with Crippen molar-refractivity contribution in [2.24, 2.45) is 0 Å². The fourth-order valence-electron chi connectivity index (χ4n) is 4.01. The highest BCUT2D eigenvalue weighted by molar-refractivity contribution is 5.86. The largest absolute Gasteiger partial charge is 0.507 e. The van der Waals surface area contributed by atoms with E-state index in [1.54, 1.807) is 0 Å². The summed E-state index contributed by atoms with van der Waals surface area (Å²) in [5.74, 6) is -0.590. The first kappa shape index (κ1) is 23.8. The number of benzene rings is 2. The van der Waals surface area contributed by atoms with Gasteiger partial charge in [-0.2, -0.15) is 0 Å². The SMILES string of the molecule is COc1cc(-c2cc(=O)c3c(O)cc([C@@]4(O)CO[C@H](CO)[C@@H](O)[C@@H]4O)cc3o2)cc(OC)c1O. The number of phenols is 2. The van der Waals surface area contributed by atoms with Gasteiger partial charge in [-0.3, -0.25) is 4.79 Å². The lowest BCUT2D eigenvalue weighted by molar-refractivity contribution is -0.245. The molecule has 34 heavy (non-hydrogen) atoms. The number of ether oxygens (including phenoxy) is 3. The van der Waals surface area contributed by atoms with Gasteiger partial charge in [0.1, 0.15) is 46.4 Å². The molecule has 4 atom stereocenters. The van der Waals surface area contributed by atoms with Gasteiger partial charge in [-0.15, -0.1) is 0 Å². The summed E-state index contributed by atoms with van der Waals surface area (Å²) in [4.78, 5) is 12.8. The van der Waals surface area contributed by atoms with Gasteiger partial charge >= 0.3 is 0 Å². The molecular weight excluding hydrogens is 452 g/mol. The summed E-state index contributed by atoms with van der Waals surface area (Å²) in [5.41, 5.74) is -2.66. The number of fused-ring (bicyclic) bond motifs is 1. The molecular formula is C23H24O11. The third-order valence-corrected chi connectivity index (χ3v) is 5.97. The van der Waals surface area contributed by atoms with Gasteiger partial charge in [0.2, 0.25) is 5.75 Å². The maximum atomic E-state index is 12.8. The molecule has 1 aliphatic rings. The third kappa shape index (κ3) is 3.73. The van der Waals surface area contributed by atoms with Gasteiger partial charge in [0, 0.05) is 11.6 Å². The second-order valence-electron chi connectivity index (χ2n) is 7.96. The molecule has 0 saturated carbocycles. The monoisotopic (exact) mass is 476 g/mol. The van der Waals surface area contributed by atoms with Crippen LogP contribution in [0.15, 0.2) is 39.5 Å². The predicted octanol–water partition coefficient (Wildman–Crippen LogP) is 0.189. The molecule has 11 heteroatoms. The van der Waals surface area contributed by atoms with E-state index in [1.807, 2.05) is 0 Å². The molecule has 1 fully saturated rings. The van der Waals surface area contributed by atoms with Crippen LogP contribution in [0.4, 0.5) is 0 Å². The Hall–Kier alpha value is -3.35. The summed E-state index contributed by atoms with van der Waals surface area (Å²) in [7, 11) is 2.68. The number of rotatable bonds is 5. The predicted molar refractivity (Wildman–Crippen MR) is 117 cm³/mol. The summed E-state index contributed by atoms with van der Waals surface area (Å²) >= 11 is 0. The van der Waals surface area contributed by atoms with E-state index >= 15 is 0 Å². The van der Waals surface area contributed by atoms with Crippen molar-refractivity contribution < 1.29 is 49.3 Å². The maximum Gasteiger partial charge on any atom is 0.200 e. The number of hydrogen-bond acceptors (Lipinski definition) is 11. The van der Waals surface area contributed by atoms with Gasteiger partial charge in [0.25, 0.3) is 0 Å². The summed E-state index contributed by atoms with van der Waals surface area (Å²) in [6, 6.07) is 6.29. The highest BCUT2D eigenvalue weighted by Crippen LogP contribution is 2.42. The van der Waals surface area contributed by atoms with Gasteiger partial charge in [-0.25, -0.2) is 0 Å². The Labute approximate surface area is 192 Å². The lowest BCUT2D eigenvalue weighted by Gasteiger charge is -2.43. The normalized spacial score (nSPS) is 24.8. The fraction of sp³-hybridized carbons (Fsp3) is 0.348. The Morgan fingerprint density at radius 3 is 2.29 bits per heavy atom. The third-order valence-electron chi connectivity index (χ3n) is 5.97. The first-order chi connectivity index (χ1) is 16.1. The number of aliphatic hydroxyl groups is 4. The molecule has 0 spiro atoms. The highest BCUT2D eigenvalue weighted by Gasteiger charge is 2.49. The van der Waals surface area contributed by atoms with Crippen LogP contribution in [0.25, 0.3) is 22.3 Å². The lowest BCUT2D eigenvalue weighted by atomic mass is 9.82. The molecule has 1 aromatic heterocycles. The molecule has 1 aliphatic heterocycles. The lowest BCUT2D eigenvalue weighted by Crippen LogP contribution is -2.60. The number of aromatic hydroxyl groups is 2. The van der Waals surface area contributed by atoms with E-state index in [0.29, 0.717) is 5.56 Å². The van der Waals surface area contributed by atoms with Crippen molar-refractivity contribution >= 4 is 11.0 Å². The number of phenolic OH excluding ortho intramolecular Hbond substituents is 2. The molecule has 6 N–H and O–H groups in total. The quantitative estimate of drug-likeness (QED) is 0.296. The number of methoxy groups -OCH3 is 2. The smallest absolute Gasteiger partial charge is 0.200 e. The first-order valence-corrected chi connectivity index (χ1v) is 10.2. The van der Waals surface area contributed by atoms with Crippen LogP contribution in [0.2, 0.25) is 0 Å². The van der Waals surface area contributed by atoms with Crippen LogP contribution in [0, 0.1) is 0 Å². The molecule has 11 nitrogen and oxygen atoms in total. The van der Waals surface area contributed by atoms with Crippen LogP contribution < -0.4 is 14.9 Å². The van der Waals surface area contributed by atoms with Gasteiger partial charge in [0.15, 0.2) is 16.9 Å².